The first-order valence-corrected chi connectivity index (χ1v) is 8.44. The van der Waals surface area contributed by atoms with Gasteiger partial charge in [0.05, 0.1) is 6.04 Å². The summed E-state index contributed by atoms with van der Waals surface area (Å²) in [6.07, 6.45) is 3.70. The number of likely N-dealkylation sites (tertiary alicyclic amines) is 1. The zero-order valence-corrected chi connectivity index (χ0v) is 15.0. The summed E-state index contributed by atoms with van der Waals surface area (Å²) in [5, 5.41) is 3.13. The van der Waals surface area contributed by atoms with Crippen LogP contribution in [0.3, 0.4) is 0 Å². The molecule has 23 heavy (non-hydrogen) atoms. The number of hydrogen-bond donors (Lipinski definition) is 2. The molecule has 0 bridgehead atoms. The van der Waals surface area contributed by atoms with Gasteiger partial charge in [0.15, 0.2) is 0 Å². The van der Waals surface area contributed by atoms with E-state index < -0.39 is 0 Å². The zero-order valence-electron chi connectivity index (χ0n) is 14.2. The molecule has 3 atom stereocenters. The normalized spacial score (nSPS) is 22.9. The van der Waals surface area contributed by atoms with Gasteiger partial charge in [-0.15, -0.1) is 12.4 Å². The number of benzene rings is 1. The summed E-state index contributed by atoms with van der Waals surface area (Å²) in [5.74, 6) is 0.00978. The van der Waals surface area contributed by atoms with Gasteiger partial charge >= 0.3 is 0 Å². The van der Waals surface area contributed by atoms with Crippen molar-refractivity contribution >= 4 is 18.3 Å². The van der Waals surface area contributed by atoms with E-state index in [0.717, 1.165) is 38.8 Å². The molecule has 0 aromatic heterocycles. The molecule has 0 spiro atoms. The van der Waals surface area contributed by atoms with E-state index in [1.807, 2.05) is 6.07 Å². The van der Waals surface area contributed by atoms with Crippen LogP contribution in [0.25, 0.3) is 0 Å². The molecule has 1 heterocycles. The molecular formula is C18H30ClN3O. The number of rotatable bonds is 6. The predicted molar refractivity (Wildman–Crippen MR) is 97.6 cm³/mol. The molecule has 5 heteroatoms. The summed E-state index contributed by atoms with van der Waals surface area (Å²) in [4.78, 5) is 14.5. The molecule has 130 valence electrons. The van der Waals surface area contributed by atoms with Crippen LogP contribution in [0.15, 0.2) is 30.3 Å². The number of carbonyl (C=O) groups excluding carboxylic acids is 1. The molecule has 1 amide bonds. The minimum Gasteiger partial charge on any atom is -0.352 e. The Morgan fingerprint density at radius 1 is 1.39 bits per heavy atom. The van der Waals surface area contributed by atoms with Gasteiger partial charge in [-0.25, -0.2) is 0 Å². The average Bonchev–Trinajstić information content (AvgIpc) is 2.51. The fourth-order valence-electron chi connectivity index (χ4n) is 3.15. The molecule has 0 saturated carbocycles. The summed E-state index contributed by atoms with van der Waals surface area (Å²) < 4.78 is 0. The van der Waals surface area contributed by atoms with Gasteiger partial charge in [-0.2, -0.15) is 0 Å². The first-order chi connectivity index (χ1) is 10.6. The smallest absolute Gasteiger partial charge is 0.237 e. The van der Waals surface area contributed by atoms with Crippen molar-refractivity contribution in [1.29, 1.82) is 0 Å². The van der Waals surface area contributed by atoms with E-state index in [1.165, 1.54) is 5.56 Å². The number of piperidine rings is 1. The second-order valence-corrected chi connectivity index (χ2v) is 6.43. The topological polar surface area (TPSA) is 58.4 Å². The SMILES string of the molecule is CCCC(N)C(=O)NC1CCN(Cc2ccccc2)C(C)C1.Cl. The van der Waals surface area contributed by atoms with E-state index in [9.17, 15) is 4.79 Å². The van der Waals surface area contributed by atoms with Crippen molar-refractivity contribution in [1.82, 2.24) is 10.2 Å². The maximum atomic E-state index is 12.0. The lowest BCUT2D eigenvalue weighted by Gasteiger charge is -2.38. The maximum absolute atomic E-state index is 12.0. The van der Waals surface area contributed by atoms with E-state index in [4.69, 9.17) is 5.73 Å². The minimum absolute atomic E-state index is 0. The lowest BCUT2D eigenvalue weighted by Crippen LogP contribution is -2.51. The third-order valence-electron chi connectivity index (χ3n) is 4.53. The number of halogens is 1. The van der Waals surface area contributed by atoms with Crippen molar-refractivity contribution in [2.45, 2.75) is 64.2 Å². The van der Waals surface area contributed by atoms with Gasteiger partial charge in [-0.1, -0.05) is 43.7 Å². The molecule has 1 aromatic rings. The van der Waals surface area contributed by atoms with Crippen LogP contribution in [-0.4, -0.2) is 35.5 Å². The fourth-order valence-corrected chi connectivity index (χ4v) is 3.15. The second kappa shape index (κ2) is 9.91. The van der Waals surface area contributed by atoms with Crippen molar-refractivity contribution in [3.63, 3.8) is 0 Å². The van der Waals surface area contributed by atoms with Gasteiger partial charge in [0.2, 0.25) is 5.91 Å². The Bertz CT molecular complexity index is 469. The largest absolute Gasteiger partial charge is 0.352 e. The molecule has 1 aliphatic rings. The Hall–Kier alpha value is -1.10. The third kappa shape index (κ3) is 6.13. The summed E-state index contributed by atoms with van der Waals surface area (Å²) >= 11 is 0. The van der Waals surface area contributed by atoms with Crippen molar-refractivity contribution in [3.05, 3.63) is 35.9 Å². The molecule has 2 rings (SSSR count). The standard InChI is InChI=1S/C18H29N3O.ClH/c1-3-7-17(19)18(22)20-16-10-11-21(14(2)12-16)13-15-8-5-4-6-9-15;/h4-6,8-9,14,16-17H,3,7,10-13,19H2,1-2H3,(H,20,22);1H. The van der Waals surface area contributed by atoms with Crippen LogP contribution in [0.4, 0.5) is 0 Å². The minimum atomic E-state index is -0.359. The molecule has 1 aliphatic heterocycles. The highest BCUT2D eigenvalue weighted by atomic mass is 35.5. The Balaban J connectivity index is 0.00000264. The molecule has 4 nitrogen and oxygen atoms in total. The van der Waals surface area contributed by atoms with Crippen LogP contribution in [-0.2, 0) is 11.3 Å². The van der Waals surface area contributed by atoms with Crippen LogP contribution in [0.2, 0.25) is 0 Å². The van der Waals surface area contributed by atoms with E-state index in [1.54, 1.807) is 0 Å². The van der Waals surface area contributed by atoms with E-state index >= 15 is 0 Å². The monoisotopic (exact) mass is 339 g/mol. The van der Waals surface area contributed by atoms with E-state index in [0.29, 0.717) is 6.04 Å². The quantitative estimate of drug-likeness (QED) is 0.837. The summed E-state index contributed by atoms with van der Waals surface area (Å²) in [7, 11) is 0. The van der Waals surface area contributed by atoms with Crippen LogP contribution < -0.4 is 11.1 Å². The summed E-state index contributed by atoms with van der Waals surface area (Å²) in [6, 6.07) is 10.9. The number of nitrogens with one attached hydrogen (secondary N) is 1. The van der Waals surface area contributed by atoms with E-state index in [2.05, 4.69) is 48.3 Å². The first-order valence-electron chi connectivity index (χ1n) is 8.44. The highest BCUT2D eigenvalue weighted by Crippen LogP contribution is 2.20. The van der Waals surface area contributed by atoms with Gasteiger partial charge in [0.25, 0.3) is 0 Å². The number of hydrogen-bond acceptors (Lipinski definition) is 3. The molecule has 1 aromatic carbocycles. The van der Waals surface area contributed by atoms with Gasteiger partial charge in [0, 0.05) is 25.2 Å². The van der Waals surface area contributed by atoms with Gasteiger partial charge < -0.3 is 11.1 Å². The lowest BCUT2D eigenvalue weighted by molar-refractivity contribution is -0.123. The van der Waals surface area contributed by atoms with Crippen molar-refractivity contribution in [3.8, 4) is 0 Å². The van der Waals surface area contributed by atoms with Crippen LogP contribution >= 0.6 is 12.4 Å². The Kier molecular flexibility index (Phi) is 8.59. The first kappa shape index (κ1) is 19.9. The maximum Gasteiger partial charge on any atom is 0.237 e. The highest BCUT2D eigenvalue weighted by Gasteiger charge is 2.27. The number of carbonyl (C=O) groups is 1. The predicted octanol–water partition coefficient (Wildman–Crippen LogP) is 2.70. The fraction of sp³-hybridized carbons (Fsp3) is 0.611. The van der Waals surface area contributed by atoms with Gasteiger partial charge in [0.1, 0.15) is 0 Å². The van der Waals surface area contributed by atoms with E-state index in [-0.39, 0.29) is 30.4 Å². The van der Waals surface area contributed by atoms with Crippen LogP contribution in [0.1, 0.15) is 45.1 Å². The van der Waals surface area contributed by atoms with Crippen molar-refractivity contribution < 1.29 is 4.79 Å². The Morgan fingerprint density at radius 2 is 2.09 bits per heavy atom. The Labute approximate surface area is 146 Å². The zero-order chi connectivity index (χ0) is 15.9. The summed E-state index contributed by atoms with van der Waals surface area (Å²) in [6.45, 7) is 6.30. The number of nitrogens with zero attached hydrogens (tertiary/aromatic N) is 1. The molecule has 3 N–H and O–H groups in total. The number of amides is 1. The van der Waals surface area contributed by atoms with Crippen LogP contribution in [0, 0.1) is 0 Å². The third-order valence-corrected chi connectivity index (χ3v) is 4.53. The Morgan fingerprint density at radius 3 is 2.70 bits per heavy atom. The molecule has 0 radical (unpaired) electrons. The second-order valence-electron chi connectivity index (χ2n) is 6.43. The van der Waals surface area contributed by atoms with Crippen molar-refractivity contribution in [2.75, 3.05) is 6.54 Å². The molecule has 1 fully saturated rings. The van der Waals surface area contributed by atoms with Gasteiger partial charge in [-0.05, 0) is 31.7 Å². The average molecular weight is 340 g/mol. The molecule has 0 aliphatic carbocycles. The van der Waals surface area contributed by atoms with Crippen LogP contribution in [0.5, 0.6) is 0 Å². The molecule has 1 saturated heterocycles. The molecule has 3 unspecified atom stereocenters. The van der Waals surface area contributed by atoms with Crippen molar-refractivity contribution in [2.24, 2.45) is 5.73 Å². The van der Waals surface area contributed by atoms with Gasteiger partial charge in [-0.3, -0.25) is 9.69 Å². The highest BCUT2D eigenvalue weighted by molar-refractivity contribution is 5.85. The molecular weight excluding hydrogens is 310 g/mol. The lowest BCUT2D eigenvalue weighted by atomic mass is 9.97. The summed E-state index contributed by atoms with van der Waals surface area (Å²) in [5.41, 5.74) is 7.24. The number of nitrogens with two attached hydrogens (primary N) is 1.